The molecular weight excluding hydrogens is 422 g/mol. The summed E-state index contributed by atoms with van der Waals surface area (Å²) >= 11 is 0. The Morgan fingerprint density at radius 1 is 1.19 bits per heavy atom. The number of nitrogens with one attached hydrogen (secondary N) is 1. The Morgan fingerprint density at radius 3 is 2.58 bits per heavy atom. The minimum Gasteiger partial charge on any atom is -0.390 e. The molecule has 2 aliphatic heterocycles. The van der Waals surface area contributed by atoms with E-state index in [-0.39, 0.29) is 24.7 Å². The summed E-state index contributed by atoms with van der Waals surface area (Å²) < 4.78 is 28.9. The molecule has 170 valence electrons. The van der Waals surface area contributed by atoms with Crippen LogP contribution in [0, 0.1) is 0 Å². The molecule has 1 aromatic heterocycles. The van der Waals surface area contributed by atoms with Gasteiger partial charge in [0.2, 0.25) is 15.9 Å². The Morgan fingerprint density at radius 2 is 1.90 bits per heavy atom. The molecular formula is C20H29N5O5S. The van der Waals surface area contributed by atoms with Crippen molar-refractivity contribution in [3.05, 3.63) is 28.7 Å². The minimum absolute atomic E-state index is 0.0950. The zero-order valence-corrected chi connectivity index (χ0v) is 18.9. The van der Waals surface area contributed by atoms with E-state index in [9.17, 15) is 23.1 Å². The topological polar surface area (TPSA) is 117 Å². The molecule has 10 nitrogen and oxygen atoms in total. The number of rotatable bonds is 4. The lowest BCUT2D eigenvalue weighted by atomic mass is 9.83. The fourth-order valence-electron chi connectivity index (χ4n) is 5.11. The first-order valence-electron chi connectivity index (χ1n) is 10.4. The predicted octanol–water partition coefficient (Wildman–Crippen LogP) is -0.324. The summed E-state index contributed by atoms with van der Waals surface area (Å²) in [5.41, 5.74) is 1.20. The number of aliphatic hydroxyl groups is 1. The van der Waals surface area contributed by atoms with Crippen molar-refractivity contribution >= 4 is 32.7 Å². The van der Waals surface area contributed by atoms with Crippen LogP contribution in [0.15, 0.2) is 23.0 Å². The van der Waals surface area contributed by atoms with Crippen LogP contribution < -0.4 is 11.0 Å². The number of carbonyl (C=O) groups excluding carboxylic acids is 1. The molecule has 31 heavy (non-hydrogen) atoms. The maximum absolute atomic E-state index is 12.6. The third kappa shape index (κ3) is 3.79. The smallest absolute Gasteiger partial charge is 0.328 e. The first-order chi connectivity index (χ1) is 14.5. The monoisotopic (exact) mass is 451 g/mol. The van der Waals surface area contributed by atoms with Gasteiger partial charge in [0, 0.05) is 39.4 Å². The van der Waals surface area contributed by atoms with Crippen LogP contribution in [0.1, 0.15) is 19.3 Å². The number of fused-ring (bicyclic) bond motifs is 1. The zero-order chi connectivity index (χ0) is 22.6. The van der Waals surface area contributed by atoms with E-state index in [1.807, 2.05) is 4.90 Å². The normalized spacial score (nSPS) is 25.5. The highest BCUT2D eigenvalue weighted by Crippen LogP contribution is 2.40. The number of imidazole rings is 1. The maximum atomic E-state index is 12.6. The van der Waals surface area contributed by atoms with Crippen LogP contribution >= 0.6 is 0 Å². The number of likely N-dealkylation sites (tertiary alicyclic amines) is 1. The Kier molecular flexibility index (Phi) is 5.49. The van der Waals surface area contributed by atoms with Gasteiger partial charge in [-0.15, -0.1) is 0 Å². The molecule has 2 fully saturated rings. The largest absolute Gasteiger partial charge is 0.390 e. The average Bonchev–Trinajstić information content (AvgIpc) is 3.22. The number of anilines is 1. The molecule has 0 bridgehead atoms. The second-order valence-corrected chi connectivity index (χ2v) is 10.6. The van der Waals surface area contributed by atoms with Crippen LogP contribution in [0.5, 0.6) is 0 Å². The Bertz CT molecular complexity index is 1190. The van der Waals surface area contributed by atoms with E-state index in [4.69, 9.17) is 0 Å². The van der Waals surface area contributed by atoms with Gasteiger partial charge in [-0.3, -0.25) is 18.8 Å². The highest BCUT2D eigenvalue weighted by molar-refractivity contribution is 7.88. The van der Waals surface area contributed by atoms with Crippen LogP contribution in [0.4, 0.5) is 5.69 Å². The van der Waals surface area contributed by atoms with Crippen LogP contribution in [-0.2, 0) is 28.9 Å². The lowest BCUT2D eigenvalue weighted by Crippen LogP contribution is -2.63. The van der Waals surface area contributed by atoms with Crippen molar-refractivity contribution in [1.29, 1.82) is 0 Å². The standard InChI is InChI=1S/C20H29N5O5S/c1-22-15-6-5-14(11-16(15)23(2)19(22)28)21-18(27)13-24-10-8-20(17(26)12-24)7-4-9-25(20)31(3,29)30/h5-6,11,17,26H,4,7-10,12-13H2,1-3H3,(H,21,27)/t17-,20-/m0/s1. The summed E-state index contributed by atoms with van der Waals surface area (Å²) in [5, 5.41) is 13.7. The number of β-amino-alcohol motifs (C(OH)–C–C–N with tert-alkyl or cyclic N) is 1. The maximum Gasteiger partial charge on any atom is 0.328 e. The Labute approximate surface area is 181 Å². The summed E-state index contributed by atoms with van der Waals surface area (Å²) in [6.45, 7) is 1.30. The van der Waals surface area contributed by atoms with E-state index >= 15 is 0 Å². The van der Waals surface area contributed by atoms with E-state index < -0.39 is 21.7 Å². The number of hydrogen-bond donors (Lipinski definition) is 2. The van der Waals surface area contributed by atoms with Gasteiger partial charge < -0.3 is 10.4 Å². The van der Waals surface area contributed by atoms with Gasteiger partial charge in [-0.25, -0.2) is 13.2 Å². The second-order valence-electron chi connectivity index (χ2n) is 8.70. The van der Waals surface area contributed by atoms with Crippen molar-refractivity contribution in [1.82, 2.24) is 18.3 Å². The molecule has 0 unspecified atom stereocenters. The quantitative estimate of drug-likeness (QED) is 0.658. The van der Waals surface area contributed by atoms with Gasteiger partial charge in [-0.05, 0) is 37.5 Å². The summed E-state index contributed by atoms with van der Waals surface area (Å²) in [6, 6.07) is 5.31. The number of aryl methyl sites for hydroxylation is 2. The zero-order valence-electron chi connectivity index (χ0n) is 18.0. The van der Waals surface area contributed by atoms with Gasteiger partial charge >= 0.3 is 5.69 Å². The van der Waals surface area contributed by atoms with Crippen molar-refractivity contribution in [3.63, 3.8) is 0 Å². The molecule has 1 aromatic carbocycles. The number of carbonyl (C=O) groups is 1. The number of benzene rings is 1. The van der Waals surface area contributed by atoms with Crippen molar-refractivity contribution in [2.45, 2.75) is 30.9 Å². The van der Waals surface area contributed by atoms with Gasteiger partial charge in [-0.2, -0.15) is 4.31 Å². The van der Waals surface area contributed by atoms with E-state index in [0.29, 0.717) is 31.6 Å². The molecule has 1 amide bonds. The second kappa shape index (κ2) is 7.73. The number of amides is 1. The van der Waals surface area contributed by atoms with Gasteiger partial charge in [0.05, 0.1) is 35.5 Å². The van der Waals surface area contributed by atoms with Crippen molar-refractivity contribution in [2.24, 2.45) is 14.1 Å². The highest BCUT2D eigenvalue weighted by atomic mass is 32.2. The van der Waals surface area contributed by atoms with E-state index in [1.165, 1.54) is 15.1 Å². The number of aromatic nitrogens is 2. The SMILES string of the molecule is Cn1c(=O)n(C)c2cc(NC(=O)CN3CC[C@@]4(CCCN4S(C)(=O)=O)[C@@H](O)C3)ccc21. The van der Waals surface area contributed by atoms with Crippen LogP contribution in [0.25, 0.3) is 11.0 Å². The van der Waals surface area contributed by atoms with Crippen LogP contribution in [-0.4, -0.2) is 81.8 Å². The molecule has 0 saturated carbocycles. The minimum atomic E-state index is -3.40. The number of aliphatic hydroxyl groups excluding tert-OH is 1. The van der Waals surface area contributed by atoms with Gasteiger partial charge in [0.25, 0.3) is 0 Å². The molecule has 0 aliphatic carbocycles. The summed E-state index contributed by atoms with van der Waals surface area (Å²) in [6.07, 6.45) is 2.20. The molecule has 2 aromatic rings. The van der Waals surface area contributed by atoms with Gasteiger partial charge in [0.1, 0.15) is 0 Å². The average molecular weight is 452 g/mol. The number of hydrogen-bond acceptors (Lipinski definition) is 6. The van der Waals surface area contributed by atoms with Crippen molar-refractivity contribution < 1.29 is 18.3 Å². The molecule has 11 heteroatoms. The Hall–Kier alpha value is -2.21. The third-order valence-electron chi connectivity index (χ3n) is 6.70. The third-order valence-corrected chi connectivity index (χ3v) is 8.05. The fraction of sp³-hybridized carbons (Fsp3) is 0.600. The summed E-state index contributed by atoms with van der Waals surface area (Å²) in [5.74, 6) is -0.227. The molecule has 1 spiro atoms. The Balaban J connectivity index is 1.42. The molecule has 2 aliphatic rings. The number of sulfonamides is 1. The van der Waals surface area contributed by atoms with Gasteiger partial charge in [-0.1, -0.05) is 0 Å². The van der Waals surface area contributed by atoms with Crippen LogP contribution in [0.3, 0.4) is 0 Å². The molecule has 2 atom stereocenters. The molecule has 0 radical (unpaired) electrons. The molecule has 2 saturated heterocycles. The van der Waals surface area contributed by atoms with E-state index in [1.54, 1.807) is 36.9 Å². The summed E-state index contributed by atoms with van der Waals surface area (Å²) in [4.78, 5) is 26.5. The molecule has 4 rings (SSSR count). The van der Waals surface area contributed by atoms with Crippen LogP contribution in [0.2, 0.25) is 0 Å². The van der Waals surface area contributed by atoms with Gasteiger partial charge in [0.15, 0.2) is 0 Å². The van der Waals surface area contributed by atoms with E-state index in [0.717, 1.165) is 17.5 Å². The predicted molar refractivity (Wildman–Crippen MR) is 117 cm³/mol. The number of nitrogens with zero attached hydrogens (tertiary/aromatic N) is 4. The first-order valence-corrected chi connectivity index (χ1v) is 12.2. The van der Waals surface area contributed by atoms with Crippen molar-refractivity contribution in [2.75, 3.05) is 37.8 Å². The molecule has 2 N–H and O–H groups in total. The first kappa shape index (κ1) is 22.0. The lowest BCUT2D eigenvalue weighted by molar-refractivity contribution is -0.119. The highest BCUT2D eigenvalue weighted by Gasteiger charge is 2.52. The number of piperidine rings is 1. The lowest BCUT2D eigenvalue weighted by Gasteiger charge is -2.47. The molecule has 3 heterocycles. The van der Waals surface area contributed by atoms with E-state index in [2.05, 4.69) is 5.32 Å². The van der Waals surface area contributed by atoms with Crippen molar-refractivity contribution in [3.8, 4) is 0 Å². The summed E-state index contributed by atoms with van der Waals surface area (Å²) in [7, 11) is -0.0125. The fourth-order valence-corrected chi connectivity index (χ4v) is 6.54.